The first-order valence-corrected chi connectivity index (χ1v) is 7.95. The zero-order valence-corrected chi connectivity index (χ0v) is 12.2. The molecule has 7 heteroatoms. The molecule has 3 aromatic rings. The van der Waals surface area contributed by atoms with Gasteiger partial charge in [0.1, 0.15) is 17.9 Å². The zero-order chi connectivity index (χ0) is 13.8. The maximum atomic E-state index is 9.89. The molecule has 1 unspecified atom stereocenters. The van der Waals surface area contributed by atoms with Gasteiger partial charge in [-0.1, -0.05) is 23.1 Å². The third-order valence-electron chi connectivity index (χ3n) is 2.71. The average molecular weight is 307 g/mol. The predicted octanol–water partition coefficient (Wildman–Crippen LogP) is 2.55. The number of aromatic nitrogens is 3. The highest BCUT2D eigenvalue weighted by Gasteiger charge is 2.08. The SMILES string of the molecule is OC(COc1ccc2cc[nH]c2c1)CSc1nncs1. The molecule has 0 amide bonds. The second-order valence-corrected chi connectivity index (χ2v) is 6.31. The Morgan fingerprint density at radius 3 is 3.20 bits per heavy atom. The van der Waals surface area contributed by atoms with E-state index in [4.69, 9.17) is 4.74 Å². The summed E-state index contributed by atoms with van der Waals surface area (Å²) >= 11 is 2.95. The van der Waals surface area contributed by atoms with Crippen molar-refractivity contribution in [3.8, 4) is 5.75 Å². The first-order chi connectivity index (χ1) is 9.81. The summed E-state index contributed by atoms with van der Waals surface area (Å²) in [7, 11) is 0. The molecule has 3 rings (SSSR count). The van der Waals surface area contributed by atoms with E-state index in [2.05, 4.69) is 15.2 Å². The van der Waals surface area contributed by atoms with E-state index in [1.165, 1.54) is 23.1 Å². The number of ether oxygens (including phenoxy) is 1. The van der Waals surface area contributed by atoms with Crippen LogP contribution in [0.5, 0.6) is 5.75 Å². The lowest BCUT2D eigenvalue weighted by molar-refractivity contribution is 0.126. The van der Waals surface area contributed by atoms with Gasteiger partial charge in [0.15, 0.2) is 4.34 Å². The fourth-order valence-electron chi connectivity index (χ4n) is 1.75. The second-order valence-electron chi connectivity index (χ2n) is 4.21. The van der Waals surface area contributed by atoms with Gasteiger partial charge >= 0.3 is 0 Å². The normalized spacial score (nSPS) is 12.7. The van der Waals surface area contributed by atoms with Crippen molar-refractivity contribution in [1.29, 1.82) is 0 Å². The van der Waals surface area contributed by atoms with Crippen molar-refractivity contribution in [2.75, 3.05) is 12.4 Å². The number of hydrogen-bond acceptors (Lipinski definition) is 6. The summed E-state index contributed by atoms with van der Waals surface area (Å²) in [5.41, 5.74) is 2.71. The molecule has 1 atom stereocenters. The van der Waals surface area contributed by atoms with Gasteiger partial charge in [0.2, 0.25) is 0 Å². The number of aliphatic hydroxyl groups excluding tert-OH is 1. The van der Waals surface area contributed by atoms with E-state index in [0.29, 0.717) is 5.75 Å². The third-order valence-corrected chi connectivity index (χ3v) is 4.71. The van der Waals surface area contributed by atoms with E-state index in [1.807, 2.05) is 30.5 Å². The van der Waals surface area contributed by atoms with Crippen LogP contribution in [-0.4, -0.2) is 38.8 Å². The molecule has 0 spiro atoms. The Labute approximate surface area is 124 Å². The van der Waals surface area contributed by atoms with Crippen molar-refractivity contribution in [2.45, 2.75) is 10.4 Å². The molecular formula is C13H13N3O2S2. The van der Waals surface area contributed by atoms with E-state index in [1.54, 1.807) is 5.51 Å². The maximum Gasteiger partial charge on any atom is 0.174 e. The molecule has 0 aliphatic heterocycles. The van der Waals surface area contributed by atoms with Crippen LogP contribution in [0.4, 0.5) is 0 Å². The number of aromatic amines is 1. The van der Waals surface area contributed by atoms with E-state index in [0.717, 1.165) is 21.0 Å². The van der Waals surface area contributed by atoms with Crippen molar-refractivity contribution in [2.24, 2.45) is 0 Å². The number of thioether (sulfide) groups is 1. The molecule has 104 valence electrons. The molecule has 0 aliphatic carbocycles. The first kappa shape index (κ1) is 13.4. The van der Waals surface area contributed by atoms with Gasteiger partial charge in [0.05, 0.1) is 6.10 Å². The lowest BCUT2D eigenvalue weighted by atomic mass is 10.2. The molecule has 0 aliphatic rings. The van der Waals surface area contributed by atoms with Crippen molar-refractivity contribution in [3.05, 3.63) is 36.0 Å². The molecule has 2 N–H and O–H groups in total. The topological polar surface area (TPSA) is 71.0 Å². The molecule has 0 fully saturated rings. The first-order valence-electron chi connectivity index (χ1n) is 6.08. The summed E-state index contributed by atoms with van der Waals surface area (Å²) in [6.45, 7) is 0.262. The average Bonchev–Trinajstić information content (AvgIpc) is 3.13. The minimum Gasteiger partial charge on any atom is -0.491 e. The van der Waals surface area contributed by atoms with E-state index < -0.39 is 6.10 Å². The van der Waals surface area contributed by atoms with E-state index >= 15 is 0 Å². The van der Waals surface area contributed by atoms with Gasteiger partial charge in [-0.3, -0.25) is 0 Å². The lowest BCUT2D eigenvalue weighted by Crippen LogP contribution is -2.20. The summed E-state index contributed by atoms with van der Waals surface area (Å²) in [5.74, 6) is 1.29. The smallest absolute Gasteiger partial charge is 0.174 e. The molecule has 0 saturated heterocycles. The number of H-pyrrole nitrogens is 1. The summed E-state index contributed by atoms with van der Waals surface area (Å²) in [6.07, 6.45) is 1.35. The number of nitrogens with zero attached hydrogens (tertiary/aromatic N) is 2. The Hall–Kier alpha value is -1.57. The number of aliphatic hydroxyl groups is 1. The van der Waals surface area contributed by atoms with Gasteiger partial charge in [-0.2, -0.15) is 0 Å². The highest BCUT2D eigenvalue weighted by Crippen LogP contribution is 2.21. The molecule has 5 nitrogen and oxygen atoms in total. The Morgan fingerprint density at radius 1 is 1.40 bits per heavy atom. The summed E-state index contributed by atoms with van der Waals surface area (Å²) < 4.78 is 6.46. The Balaban J connectivity index is 1.50. The number of benzene rings is 1. The molecule has 20 heavy (non-hydrogen) atoms. The van der Waals surface area contributed by atoms with Gasteiger partial charge in [0.25, 0.3) is 0 Å². The summed E-state index contributed by atoms with van der Waals surface area (Å²) in [4.78, 5) is 3.13. The Kier molecular flexibility index (Phi) is 4.19. The standard InChI is InChI=1S/C13H13N3O2S2/c17-10(7-19-13-16-15-8-20-13)6-18-11-2-1-9-3-4-14-12(9)5-11/h1-5,8,10,14,17H,6-7H2. The van der Waals surface area contributed by atoms with Gasteiger partial charge in [-0.05, 0) is 23.6 Å². The van der Waals surface area contributed by atoms with Gasteiger partial charge in [-0.15, -0.1) is 10.2 Å². The molecule has 0 radical (unpaired) electrons. The predicted molar refractivity (Wildman–Crippen MR) is 80.4 cm³/mol. The largest absolute Gasteiger partial charge is 0.491 e. The summed E-state index contributed by atoms with van der Waals surface area (Å²) in [6, 6.07) is 7.83. The highest BCUT2D eigenvalue weighted by atomic mass is 32.2. The number of fused-ring (bicyclic) bond motifs is 1. The second kappa shape index (κ2) is 6.25. The monoisotopic (exact) mass is 307 g/mol. The molecule has 0 saturated carbocycles. The van der Waals surface area contributed by atoms with Gasteiger partial charge < -0.3 is 14.8 Å². The zero-order valence-electron chi connectivity index (χ0n) is 10.5. The van der Waals surface area contributed by atoms with Gasteiger partial charge in [0, 0.05) is 23.5 Å². The molecule has 1 aromatic carbocycles. The minimum atomic E-state index is -0.539. The fraction of sp³-hybridized carbons (Fsp3) is 0.231. The molecule has 2 heterocycles. The Morgan fingerprint density at radius 2 is 2.35 bits per heavy atom. The fourth-order valence-corrected chi connectivity index (χ4v) is 3.17. The van der Waals surface area contributed by atoms with Crippen molar-refractivity contribution in [3.63, 3.8) is 0 Å². The van der Waals surface area contributed by atoms with Crippen LogP contribution in [0.15, 0.2) is 40.3 Å². The van der Waals surface area contributed by atoms with Crippen LogP contribution < -0.4 is 4.74 Å². The third kappa shape index (κ3) is 3.30. The van der Waals surface area contributed by atoms with Gasteiger partial charge in [-0.25, -0.2) is 0 Å². The van der Waals surface area contributed by atoms with Crippen molar-refractivity contribution >= 4 is 34.0 Å². The summed E-state index contributed by atoms with van der Waals surface area (Å²) in [5, 5.41) is 18.7. The van der Waals surface area contributed by atoms with E-state index in [9.17, 15) is 5.11 Å². The van der Waals surface area contributed by atoms with Crippen molar-refractivity contribution in [1.82, 2.24) is 15.2 Å². The van der Waals surface area contributed by atoms with Crippen LogP contribution in [0.3, 0.4) is 0 Å². The van der Waals surface area contributed by atoms with Crippen LogP contribution in [0, 0.1) is 0 Å². The van der Waals surface area contributed by atoms with Crippen LogP contribution in [0.1, 0.15) is 0 Å². The highest BCUT2D eigenvalue weighted by molar-refractivity contribution is 8.01. The molecule has 0 bridgehead atoms. The number of nitrogens with one attached hydrogen (secondary N) is 1. The molecular weight excluding hydrogens is 294 g/mol. The van der Waals surface area contributed by atoms with Crippen LogP contribution in [0.25, 0.3) is 10.9 Å². The number of hydrogen-bond donors (Lipinski definition) is 2. The minimum absolute atomic E-state index is 0.262. The van der Waals surface area contributed by atoms with Crippen LogP contribution in [0.2, 0.25) is 0 Å². The van der Waals surface area contributed by atoms with E-state index in [-0.39, 0.29) is 6.61 Å². The van der Waals surface area contributed by atoms with Crippen LogP contribution >= 0.6 is 23.1 Å². The quantitative estimate of drug-likeness (QED) is 0.685. The molecule has 2 aromatic heterocycles. The maximum absolute atomic E-state index is 9.89. The van der Waals surface area contributed by atoms with Crippen molar-refractivity contribution < 1.29 is 9.84 Å². The van der Waals surface area contributed by atoms with Crippen LogP contribution in [-0.2, 0) is 0 Å². The Bertz CT molecular complexity index is 669. The lowest BCUT2D eigenvalue weighted by Gasteiger charge is -2.11. The number of rotatable bonds is 6.